The third-order valence-electron chi connectivity index (χ3n) is 3.04. The van der Waals surface area contributed by atoms with Crippen molar-refractivity contribution in [1.29, 1.82) is 0 Å². The maximum atomic E-state index is 11.9. The summed E-state index contributed by atoms with van der Waals surface area (Å²) in [5.74, 6) is 1.63. The zero-order valence-electron chi connectivity index (χ0n) is 11.4. The molecule has 1 saturated carbocycles. The van der Waals surface area contributed by atoms with E-state index in [9.17, 15) is 14.4 Å². The third kappa shape index (κ3) is 6.78. The first-order valence-electron chi connectivity index (χ1n) is 6.77. The van der Waals surface area contributed by atoms with Gasteiger partial charge in [-0.1, -0.05) is 5.92 Å². The molecule has 110 valence electrons. The zero-order valence-corrected chi connectivity index (χ0v) is 11.4. The van der Waals surface area contributed by atoms with Gasteiger partial charge in [-0.05, 0) is 31.6 Å². The Kier molecular flexibility index (Phi) is 6.57. The molecule has 0 unspecified atom stereocenters. The summed E-state index contributed by atoms with van der Waals surface area (Å²) < 4.78 is 0. The fourth-order valence-corrected chi connectivity index (χ4v) is 1.76. The quantitative estimate of drug-likeness (QED) is 0.517. The van der Waals surface area contributed by atoms with E-state index in [1.165, 1.54) is 4.90 Å². The summed E-state index contributed by atoms with van der Waals surface area (Å²) in [6.07, 6.45) is 8.45. The van der Waals surface area contributed by atoms with Gasteiger partial charge in [0.15, 0.2) is 0 Å². The number of hydrogen-bond acceptors (Lipinski definition) is 3. The van der Waals surface area contributed by atoms with Gasteiger partial charge in [0.05, 0.1) is 6.54 Å². The maximum Gasteiger partial charge on any atom is 0.324 e. The van der Waals surface area contributed by atoms with Gasteiger partial charge >= 0.3 is 12.0 Å². The molecule has 6 nitrogen and oxygen atoms in total. The van der Waals surface area contributed by atoms with Crippen LogP contribution < -0.4 is 5.32 Å². The van der Waals surface area contributed by atoms with Gasteiger partial charge in [0, 0.05) is 19.4 Å². The molecule has 0 aromatic carbocycles. The van der Waals surface area contributed by atoms with Crippen LogP contribution in [0.4, 0.5) is 4.79 Å². The number of carboxylic acid groups (broad SMARTS) is 1. The van der Waals surface area contributed by atoms with E-state index in [1.807, 2.05) is 0 Å². The summed E-state index contributed by atoms with van der Waals surface area (Å²) in [7, 11) is 0. The van der Waals surface area contributed by atoms with E-state index in [0.29, 0.717) is 25.3 Å². The second-order valence-electron chi connectivity index (χ2n) is 4.98. The molecule has 1 rings (SSSR count). The van der Waals surface area contributed by atoms with Crippen LogP contribution in [0, 0.1) is 18.3 Å². The van der Waals surface area contributed by atoms with Crippen LogP contribution >= 0.6 is 0 Å². The average molecular weight is 280 g/mol. The van der Waals surface area contributed by atoms with Gasteiger partial charge < -0.3 is 10.0 Å². The highest BCUT2D eigenvalue weighted by Crippen LogP contribution is 2.29. The highest BCUT2D eigenvalue weighted by Gasteiger charge is 2.26. The number of nitrogens with one attached hydrogen (secondary N) is 1. The highest BCUT2D eigenvalue weighted by molar-refractivity contribution is 5.94. The number of imide groups is 1. The maximum absolute atomic E-state index is 11.9. The molecule has 20 heavy (non-hydrogen) atoms. The van der Waals surface area contributed by atoms with Crippen molar-refractivity contribution >= 4 is 17.9 Å². The number of carboxylic acids is 1. The minimum absolute atomic E-state index is 0.0339. The summed E-state index contributed by atoms with van der Waals surface area (Å²) in [5, 5.41) is 10.8. The number of aliphatic carboxylic acids is 1. The van der Waals surface area contributed by atoms with Gasteiger partial charge in [-0.25, -0.2) is 4.79 Å². The molecule has 0 bridgehead atoms. The molecule has 1 fully saturated rings. The summed E-state index contributed by atoms with van der Waals surface area (Å²) in [6.45, 7) is 0.775. The summed E-state index contributed by atoms with van der Waals surface area (Å²) in [6, 6.07) is -0.460. The molecule has 0 radical (unpaired) electrons. The Bertz CT molecular complexity index is 410. The lowest BCUT2D eigenvalue weighted by molar-refractivity contribution is -0.137. The van der Waals surface area contributed by atoms with Crippen LogP contribution in [-0.4, -0.2) is 41.0 Å². The van der Waals surface area contributed by atoms with E-state index in [0.717, 1.165) is 12.8 Å². The number of carbonyl (C=O) groups is 3. The monoisotopic (exact) mass is 280 g/mol. The Balaban J connectivity index is 2.25. The molecule has 0 atom stereocenters. The molecule has 3 amide bonds. The van der Waals surface area contributed by atoms with E-state index >= 15 is 0 Å². The van der Waals surface area contributed by atoms with Gasteiger partial charge in [-0.15, -0.1) is 6.42 Å². The molecule has 6 heteroatoms. The average Bonchev–Trinajstić information content (AvgIpc) is 3.18. The van der Waals surface area contributed by atoms with E-state index in [2.05, 4.69) is 11.2 Å². The van der Waals surface area contributed by atoms with Crippen LogP contribution in [0.2, 0.25) is 0 Å². The molecule has 1 aliphatic rings. The van der Waals surface area contributed by atoms with Crippen LogP contribution in [0.1, 0.15) is 38.5 Å². The van der Waals surface area contributed by atoms with Crippen LogP contribution in [0.15, 0.2) is 0 Å². The van der Waals surface area contributed by atoms with Crippen molar-refractivity contribution in [2.45, 2.75) is 38.5 Å². The van der Waals surface area contributed by atoms with E-state index < -0.39 is 17.9 Å². The standard InChI is InChI=1S/C14H20N2O4/c1-2-9-16(10-11-7-8-11)14(20)15-12(17)5-3-4-6-13(18)19/h1,11H,3-10H2,(H,18,19)(H,15,17,20). The fraction of sp³-hybridized carbons (Fsp3) is 0.643. The van der Waals surface area contributed by atoms with Gasteiger partial charge in [-0.3, -0.25) is 14.9 Å². The first-order valence-corrected chi connectivity index (χ1v) is 6.77. The van der Waals surface area contributed by atoms with Gasteiger partial charge in [0.2, 0.25) is 5.91 Å². The largest absolute Gasteiger partial charge is 0.481 e. The Labute approximate surface area is 118 Å². The Hall–Kier alpha value is -2.03. The van der Waals surface area contributed by atoms with Crippen LogP contribution in [0.3, 0.4) is 0 Å². The molecule has 0 aliphatic heterocycles. The number of hydrogen-bond donors (Lipinski definition) is 2. The van der Waals surface area contributed by atoms with Crippen molar-refractivity contribution in [2.24, 2.45) is 5.92 Å². The molecule has 0 spiro atoms. The third-order valence-corrected chi connectivity index (χ3v) is 3.04. The number of carbonyl (C=O) groups excluding carboxylic acids is 2. The van der Waals surface area contributed by atoms with Crippen molar-refractivity contribution in [2.75, 3.05) is 13.1 Å². The minimum atomic E-state index is -0.883. The summed E-state index contributed by atoms with van der Waals surface area (Å²) >= 11 is 0. The minimum Gasteiger partial charge on any atom is -0.481 e. The van der Waals surface area contributed by atoms with E-state index in [4.69, 9.17) is 11.5 Å². The van der Waals surface area contributed by atoms with E-state index in [1.54, 1.807) is 0 Å². The molecule has 2 N–H and O–H groups in total. The lowest BCUT2D eigenvalue weighted by Gasteiger charge is -2.19. The first kappa shape index (κ1) is 16.0. The molecule has 1 aliphatic carbocycles. The smallest absolute Gasteiger partial charge is 0.324 e. The Morgan fingerprint density at radius 3 is 2.45 bits per heavy atom. The van der Waals surface area contributed by atoms with Crippen molar-refractivity contribution in [3.8, 4) is 12.3 Å². The van der Waals surface area contributed by atoms with Crippen molar-refractivity contribution in [1.82, 2.24) is 10.2 Å². The highest BCUT2D eigenvalue weighted by atomic mass is 16.4. The Morgan fingerprint density at radius 2 is 1.90 bits per heavy atom. The van der Waals surface area contributed by atoms with Crippen molar-refractivity contribution in [3.05, 3.63) is 0 Å². The number of nitrogens with zero attached hydrogens (tertiary/aromatic N) is 1. The van der Waals surface area contributed by atoms with Gasteiger partial charge in [0.25, 0.3) is 0 Å². The van der Waals surface area contributed by atoms with Crippen molar-refractivity contribution in [3.63, 3.8) is 0 Å². The zero-order chi connectivity index (χ0) is 15.0. The fourth-order valence-electron chi connectivity index (χ4n) is 1.76. The number of terminal acetylenes is 1. The lowest BCUT2D eigenvalue weighted by atomic mass is 10.2. The molecule has 0 aromatic rings. The number of urea groups is 1. The molecular formula is C14H20N2O4. The predicted octanol–water partition coefficient (Wildman–Crippen LogP) is 1.21. The first-order chi connectivity index (χ1) is 9.52. The van der Waals surface area contributed by atoms with E-state index in [-0.39, 0.29) is 19.4 Å². The number of amides is 3. The summed E-state index contributed by atoms with van der Waals surface area (Å²) in [4.78, 5) is 35.2. The normalized spacial score (nSPS) is 13.3. The molecular weight excluding hydrogens is 260 g/mol. The van der Waals surface area contributed by atoms with Crippen LogP contribution in [-0.2, 0) is 9.59 Å². The Morgan fingerprint density at radius 1 is 1.25 bits per heavy atom. The second-order valence-corrected chi connectivity index (χ2v) is 4.98. The van der Waals surface area contributed by atoms with Gasteiger partial charge in [-0.2, -0.15) is 0 Å². The van der Waals surface area contributed by atoms with Crippen molar-refractivity contribution < 1.29 is 19.5 Å². The molecule has 0 aromatic heterocycles. The lowest BCUT2D eigenvalue weighted by Crippen LogP contribution is -2.43. The second kappa shape index (κ2) is 8.20. The van der Waals surface area contributed by atoms with Crippen LogP contribution in [0.25, 0.3) is 0 Å². The number of unbranched alkanes of at least 4 members (excludes halogenated alkanes) is 1. The SMILES string of the molecule is C#CCN(CC1CC1)C(=O)NC(=O)CCCCC(=O)O. The summed E-state index contributed by atoms with van der Waals surface area (Å²) in [5.41, 5.74) is 0. The van der Waals surface area contributed by atoms with Crippen LogP contribution in [0.5, 0.6) is 0 Å². The topological polar surface area (TPSA) is 86.7 Å². The van der Waals surface area contributed by atoms with Gasteiger partial charge in [0.1, 0.15) is 0 Å². The number of rotatable bonds is 8. The molecule has 0 heterocycles. The predicted molar refractivity (Wildman–Crippen MR) is 72.8 cm³/mol. The molecule has 0 saturated heterocycles.